The fourth-order valence-electron chi connectivity index (χ4n) is 2.25. The molecule has 0 radical (unpaired) electrons. The van der Waals surface area contributed by atoms with Gasteiger partial charge < -0.3 is 15.0 Å². The average Bonchev–Trinajstić information content (AvgIpc) is 2.98. The number of nitrogens with one attached hydrogen (secondary N) is 1. The zero-order valence-electron chi connectivity index (χ0n) is 15.0. The molecule has 152 valence electrons. The Morgan fingerprint density at radius 1 is 1.25 bits per heavy atom. The van der Waals surface area contributed by atoms with E-state index in [4.69, 9.17) is 11.6 Å². The third-order valence-electron chi connectivity index (χ3n) is 3.63. The standard InChI is InChI=1S/C15H16ClF3N6O3/c1-14(21-23-24-22-14)20-13(27)9-4-6-10(28-15(17,18)19)8(12(9)16)5-7-11(26)25(2)3/h4,6H,5,7H2,1-3H3,(H,20,27). The molecule has 0 bridgehead atoms. The monoisotopic (exact) mass is 420 g/mol. The molecule has 0 aliphatic carbocycles. The number of ether oxygens (including phenoxy) is 1. The number of carbonyl (C=O) groups is 2. The van der Waals surface area contributed by atoms with Crippen molar-refractivity contribution in [3.05, 3.63) is 28.3 Å². The highest BCUT2D eigenvalue weighted by Crippen LogP contribution is 2.35. The summed E-state index contributed by atoms with van der Waals surface area (Å²) in [7, 11) is 3.01. The van der Waals surface area contributed by atoms with Crippen molar-refractivity contribution >= 4 is 23.4 Å². The summed E-state index contributed by atoms with van der Waals surface area (Å²) in [5.74, 6) is -3.12. The minimum Gasteiger partial charge on any atom is -0.405 e. The second kappa shape index (κ2) is 8.09. The summed E-state index contributed by atoms with van der Waals surface area (Å²) in [5.41, 5.74) is -0.260. The van der Waals surface area contributed by atoms with E-state index in [1.165, 1.54) is 25.9 Å². The Labute approximate surface area is 162 Å². The Morgan fingerprint density at radius 3 is 2.39 bits per heavy atom. The number of halogens is 4. The molecule has 28 heavy (non-hydrogen) atoms. The quantitative estimate of drug-likeness (QED) is 0.760. The Bertz CT molecular complexity index is 829. The van der Waals surface area contributed by atoms with E-state index in [0.717, 1.165) is 12.1 Å². The smallest absolute Gasteiger partial charge is 0.405 e. The van der Waals surface area contributed by atoms with Gasteiger partial charge in [-0.05, 0) is 29.0 Å². The SMILES string of the molecule is CN(C)C(=O)CCc1c(OC(F)(F)F)ccc(C(=O)NC2(C)N=NN=N2)c1Cl. The van der Waals surface area contributed by atoms with Crippen LogP contribution in [-0.2, 0) is 11.2 Å². The van der Waals surface area contributed by atoms with E-state index >= 15 is 0 Å². The van der Waals surface area contributed by atoms with Gasteiger partial charge in [-0.3, -0.25) is 9.59 Å². The van der Waals surface area contributed by atoms with E-state index in [-0.39, 0.29) is 34.9 Å². The van der Waals surface area contributed by atoms with E-state index in [9.17, 15) is 22.8 Å². The van der Waals surface area contributed by atoms with Crippen LogP contribution in [0.15, 0.2) is 32.8 Å². The molecule has 1 heterocycles. The van der Waals surface area contributed by atoms with Gasteiger partial charge in [-0.15, -0.1) is 23.4 Å². The van der Waals surface area contributed by atoms with Gasteiger partial charge >= 0.3 is 6.36 Å². The molecule has 9 nitrogen and oxygen atoms in total. The summed E-state index contributed by atoms with van der Waals surface area (Å²) in [4.78, 5) is 25.6. The summed E-state index contributed by atoms with van der Waals surface area (Å²) < 4.78 is 42.1. The predicted octanol–water partition coefficient (Wildman–Crippen LogP) is 3.50. The Morgan fingerprint density at radius 2 is 1.86 bits per heavy atom. The van der Waals surface area contributed by atoms with Gasteiger partial charge in [-0.1, -0.05) is 11.6 Å². The van der Waals surface area contributed by atoms with Crippen LogP contribution in [0.4, 0.5) is 13.2 Å². The van der Waals surface area contributed by atoms with Crippen LogP contribution in [0, 0.1) is 0 Å². The number of benzene rings is 1. The van der Waals surface area contributed by atoms with Crippen LogP contribution in [0.3, 0.4) is 0 Å². The molecule has 0 atom stereocenters. The Balaban J connectivity index is 2.35. The minimum absolute atomic E-state index is 0.123. The molecule has 0 fully saturated rings. The molecule has 2 rings (SSSR count). The Hall–Kier alpha value is -2.76. The van der Waals surface area contributed by atoms with Crippen molar-refractivity contribution in [3.63, 3.8) is 0 Å². The van der Waals surface area contributed by atoms with Crippen LogP contribution in [0.1, 0.15) is 29.3 Å². The van der Waals surface area contributed by atoms with Crippen molar-refractivity contribution in [1.82, 2.24) is 10.2 Å². The first-order valence-electron chi connectivity index (χ1n) is 7.86. The van der Waals surface area contributed by atoms with Crippen LogP contribution < -0.4 is 10.1 Å². The average molecular weight is 421 g/mol. The molecule has 0 aromatic heterocycles. The van der Waals surface area contributed by atoms with Gasteiger partial charge in [-0.25, -0.2) is 0 Å². The van der Waals surface area contributed by atoms with Gasteiger partial charge in [0.25, 0.3) is 11.7 Å². The fourth-order valence-corrected chi connectivity index (χ4v) is 2.59. The van der Waals surface area contributed by atoms with Crippen LogP contribution in [0.25, 0.3) is 0 Å². The minimum atomic E-state index is -4.97. The van der Waals surface area contributed by atoms with Gasteiger partial charge in [0.1, 0.15) is 5.75 Å². The van der Waals surface area contributed by atoms with Crippen molar-refractivity contribution in [2.75, 3.05) is 14.1 Å². The molecule has 0 saturated heterocycles. The van der Waals surface area contributed by atoms with E-state index < -0.39 is 23.8 Å². The highest BCUT2D eigenvalue weighted by atomic mass is 35.5. The second-order valence-corrected chi connectivity index (χ2v) is 6.47. The van der Waals surface area contributed by atoms with Crippen LogP contribution in [0.2, 0.25) is 5.02 Å². The van der Waals surface area contributed by atoms with Crippen molar-refractivity contribution in [3.8, 4) is 5.75 Å². The molecule has 1 aliphatic rings. The summed E-state index contributed by atoms with van der Waals surface area (Å²) in [6.45, 7) is 1.41. The summed E-state index contributed by atoms with van der Waals surface area (Å²) in [6, 6.07) is 2.03. The van der Waals surface area contributed by atoms with Gasteiger partial charge in [0, 0.05) is 33.0 Å². The molecule has 13 heteroatoms. The Kier molecular flexibility index (Phi) is 6.22. The summed E-state index contributed by atoms with van der Waals surface area (Å²) in [6.07, 6.45) is -5.27. The molecular formula is C15H16ClF3N6O3. The number of alkyl halides is 3. The van der Waals surface area contributed by atoms with E-state index in [0.29, 0.717) is 0 Å². The number of hydrogen-bond acceptors (Lipinski definition) is 7. The third kappa shape index (κ3) is 5.38. The van der Waals surface area contributed by atoms with Crippen LogP contribution in [-0.4, -0.2) is 43.0 Å². The first-order chi connectivity index (χ1) is 12.9. The van der Waals surface area contributed by atoms with Crippen molar-refractivity contribution in [1.29, 1.82) is 0 Å². The van der Waals surface area contributed by atoms with Crippen LogP contribution in [0.5, 0.6) is 5.75 Å². The summed E-state index contributed by atoms with van der Waals surface area (Å²) in [5, 5.41) is 16.0. The molecule has 1 aliphatic heterocycles. The normalized spacial score (nSPS) is 14.8. The predicted molar refractivity (Wildman–Crippen MR) is 90.7 cm³/mol. The molecule has 0 spiro atoms. The molecule has 1 aromatic rings. The third-order valence-corrected chi connectivity index (χ3v) is 4.06. The number of carbonyl (C=O) groups excluding carboxylic acids is 2. The lowest BCUT2D eigenvalue weighted by atomic mass is 10.0. The summed E-state index contributed by atoms with van der Waals surface area (Å²) >= 11 is 6.19. The van der Waals surface area contributed by atoms with E-state index in [1.807, 2.05) is 0 Å². The van der Waals surface area contributed by atoms with Gasteiger partial charge in [-0.2, -0.15) is 0 Å². The van der Waals surface area contributed by atoms with Crippen molar-refractivity contribution in [2.24, 2.45) is 20.7 Å². The molecule has 1 N–H and O–H groups in total. The first-order valence-corrected chi connectivity index (χ1v) is 8.23. The van der Waals surface area contributed by atoms with Gasteiger partial charge in [0.2, 0.25) is 5.91 Å². The second-order valence-electron chi connectivity index (χ2n) is 6.09. The maximum Gasteiger partial charge on any atom is 0.573 e. The van der Waals surface area contributed by atoms with Crippen LogP contribution >= 0.6 is 11.6 Å². The lowest BCUT2D eigenvalue weighted by molar-refractivity contribution is -0.274. The zero-order chi connectivity index (χ0) is 21.1. The van der Waals surface area contributed by atoms with Gasteiger partial charge in [0.05, 0.1) is 10.6 Å². The number of amides is 2. The molecule has 2 amide bonds. The highest BCUT2D eigenvalue weighted by molar-refractivity contribution is 6.34. The first kappa shape index (κ1) is 21.5. The molecule has 1 aromatic carbocycles. The zero-order valence-corrected chi connectivity index (χ0v) is 15.8. The number of nitrogens with zero attached hydrogens (tertiary/aromatic N) is 5. The number of rotatable bonds is 6. The fraction of sp³-hybridized carbons (Fsp3) is 0.467. The maximum atomic E-state index is 12.7. The van der Waals surface area contributed by atoms with Gasteiger partial charge in [0.15, 0.2) is 0 Å². The maximum absolute atomic E-state index is 12.7. The highest BCUT2D eigenvalue weighted by Gasteiger charge is 2.34. The molecule has 0 saturated carbocycles. The van der Waals surface area contributed by atoms with E-state index in [1.54, 1.807) is 0 Å². The van der Waals surface area contributed by atoms with E-state index in [2.05, 4.69) is 30.7 Å². The lowest BCUT2D eigenvalue weighted by Gasteiger charge is -2.19. The lowest BCUT2D eigenvalue weighted by Crippen LogP contribution is -2.41. The number of hydrogen-bond donors (Lipinski definition) is 1. The largest absolute Gasteiger partial charge is 0.573 e. The van der Waals surface area contributed by atoms with Crippen molar-refractivity contribution < 1.29 is 27.5 Å². The molecule has 0 unspecified atom stereocenters. The van der Waals surface area contributed by atoms with Crippen molar-refractivity contribution in [2.45, 2.75) is 31.9 Å². The topological polar surface area (TPSA) is 108 Å². The molecular weight excluding hydrogens is 405 g/mol.